The van der Waals surface area contributed by atoms with Gasteiger partial charge in [0.25, 0.3) is 0 Å². The van der Waals surface area contributed by atoms with Crippen molar-refractivity contribution in [3.8, 4) is 0 Å². The lowest BCUT2D eigenvalue weighted by Crippen LogP contribution is -2.52. The van der Waals surface area contributed by atoms with Gasteiger partial charge in [0.2, 0.25) is 0 Å². The van der Waals surface area contributed by atoms with E-state index < -0.39 is 0 Å². The SMILES string of the molecule is COC1C(=O)CC1OC1CCCCC1C. The fraction of sp³-hybridized carbons (Fsp3) is 0.917. The lowest BCUT2D eigenvalue weighted by Gasteiger charge is -2.39. The van der Waals surface area contributed by atoms with Crippen molar-refractivity contribution in [2.24, 2.45) is 5.92 Å². The Labute approximate surface area is 91.1 Å². The maximum Gasteiger partial charge on any atom is 0.166 e. The number of ether oxygens (including phenoxy) is 2. The molecule has 0 aliphatic heterocycles. The molecule has 86 valence electrons. The maximum atomic E-state index is 11.2. The van der Waals surface area contributed by atoms with Crippen LogP contribution in [0.4, 0.5) is 0 Å². The predicted molar refractivity (Wildman–Crippen MR) is 56.7 cm³/mol. The molecule has 4 atom stereocenters. The molecular weight excluding hydrogens is 192 g/mol. The largest absolute Gasteiger partial charge is 0.371 e. The van der Waals surface area contributed by atoms with E-state index in [1.807, 2.05) is 0 Å². The Morgan fingerprint density at radius 2 is 1.93 bits per heavy atom. The lowest BCUT2D eigenvalue weighted by molar-refractivity contribution is -0.175. The van der Waals surface area contributed by atoms with Crippen molar-refractivity contribution in [1.29, 1.82) is 0 Å². The van der Waals surface area contributed by atoms with E-state index in [4.69, 9.17) is 9.47 Å². The van der Waals surface area contributed by atoms with Gasteiger partial charge < -0.3 is 9.47 Å². The second-order valence-corrected chi connectivity index (χ2v) is 4.80. The highest BCUT2D eigenvalue weighted by Gasteiger charge is 2.42. The fourth-order valence-electron chi connectivity index (χ4n) is 2.58. The van der Waals surface area contributed by atoms with Crippen molar-refractivity contribution in [2.75, 3.05) is 7.11 Å². The molecule has 0 saturated heterocycles. The van der Waals surface area contributed by atoms with E-state index >= 15 is 0 Å². The summed E-state index contributed by atoms with van der Waals surface area (Å²) in [6.07, 6.45) is 5.58. The second-order valence-electron chi connectivity index (χ2n) is 4.80. The summed E-state index contributed by atoms with van der Waals surface area (Å²) in [6.45, 7) is 2.24. The van der Waals surface area contributed by atoms with E-state index in [1.54, 1.807) is 7.11 Å². The summed E-state index contributed by atoms with van der Waals surface area (Å²) in [5.41, 5.74) is 0. The summed E-state index contributed by atoms with van der Waals surface area (Å²) in [4.78, 5) is 11.2. The highest BCUT2D eigenvalue weighted by molar-refractivity contribution is 5.90. The minimum atomic E-state index is -0.292. The highest BCUT2D eigenvalue weighted by Crippen LogP contribution is 2.31. The Bertz CT molecular complexity index is 239. The van der Waals surface area contributed by atoms with Crippen molar-refractivity contribution in [3.05, 3.63) is 0 Å². The molecule has 0 N–H and O–H groups in total. The minimum Gasteiger partial charge on any atom is -0.371 e. The Hall–Kier alpha value is -0.410. The molecule has 0 aromatic rings. The third kappa shape index (κ3) is 2.23. The molecule has 3 heteroatoms. The minimum absolute atomic E-state index is 0.0213. The summed E-state index contributed by atoms with van der Waals surface area (Å²) < 4.78 is 11.1. The van der Waals surface area contributed by atoms with Crippen LogP contribution in [0.15, 0.2) is 0 Å². The van der Waals surface area contributed by atoms with Gasteiger partial charge in [0.15, 0.2) is 5.78 Å². The molecule has 2 aliphatic carbocycles. The van der Waals surface area contributed by atoms with Crippen LogP contribution in [-0.2, 0) is 14.3 Å². The number of ketones is 1. The van der Waals surface area contributed by atoms with Gasteiger partial charge in [0.1, 0.15) is 6.10 Å². The first-order chi connectivity index (χ1) is 7.22. The van der Waals surface area contributed by atoms with Crippen LogP contribution in [-0.4, -0.2) is 31.2 Å². The van der Waals surface area contributed by atoms with Gasteiger partial charge in [0, 0.05) is 13.5 Å². The Morgan fingerprint density at radius 3 is 2.53 bits per heavy atom. The summed E-state index contributed by atoms with van der Waals surface area (Å²) in [5, 5.41) is 0. The van der Waals surface area contributed by atoms with Gasteiger partial charge in [-0.15, -0.1) is 0 Å². The average Bonchev–Trinajstić information content (AvgIpc) is 2.20. The molecule has 3 nitrogen and oxygen atoms in total. The zero-order valence-corrected chi connectivity index (χ0v) is 9.57. The van der Waals surface area contributed by atoms with E-state index in [1.165, 1.54) is 19.3 Å². The van der Waals surface area contributed by atoms with Crippen molar-refractivity contribution in [1.82, 2.24) is 0 Å². The van der Waals surface area contributed by atoms with Gasteiger partial charge in [-0.05, 0) is 18.8 Å². The first-order valence-electron chi connectivity index (χ1n) is 5.93. The van der Waals surface area contributed by atoms with Gasteiger partial charge in [-0.25, -0.2) is 0 Å². The van der Waals surface area contributed by atoms with Crippen LogP contribution in [0, 0.1) is 5.92 Å². The van der Waals surface area contributed by atoms with Gasteiger partial charge in [-0.1, -0.05) is 19.8 Å². The van der Waals surface area contributed by atoms with E-state index in [0.717, 1.165) is 6.42 Å². The van der Waals surface area contributed by atoms with Crippen LogP contribution >= 0.6 is 0 Å². The zero-order valence-electron chi connectivity index (χ0n) is 9.57. The quantitative estimate of drug-likeness (QED) is 0.717. The zero-order chi connectivity index (χ0) is 10.8. The maximum absolute atomic E-state index is 11.2. The van der Waals surface area contributed by atoms with Crippen LogP contribution in [0.1, 0.15) is 39.0 Å². The van der Waals surface area contributed by atoms with Crippen LogP contribution in [0.3, 0.4) is 0 Å². The van der Waals surface area contributed by atoms with Crippen LogP contribution in [0.2, 0.25) is 0 Å². The van der Waals surface area contributed by atoms with E-state index in [9.17, 15) is 4.79 Å². The summed E-state index contributed by atoms with van der Waals surface area (Å²) >= 11 is 0. The summed E-state index contributed by atoms with van der Waals surface area (Å²) in [7, 11) is 1.59. The fourth-order valence-corrected chi connectivity index (χ4v) is 2.58. The van der Waals surface area contributed by atoms with E-state index in [2.05, 4.69) is 6.92 Å². The Morgan fingerprint density at radius 1 is 1.20 bits per heavy atom. The average molecular weight is 212 g/mol. The molecule has 15 heavy (non-hydrogen) atoms. The number of carbonyl (C=O) groups excluding carboxylic acids is 1. The summed E-state index contributed by atoms with van der Waals surface area (Å²) in [6, 6.07) is 0. The normalized spacial score (nSPS) is 41.3. The molecule has 2 aliphatic rings. The molecule has 2 saturated carbocycles. The second kappa shape index (κ2) is 4.62. The molecular formula is C12H20O3. The predicted octanol–water partition coefficient (Wildman–Crippen LogP) is 1.94. The first kappa shape index (κ1) is 11.1. The molecule has 0 aromatic heterocycles. The Kier molecular flexibility index (Phi) is 3.42. The first-order valence-corrected chi connectivity index (χ1v) is 5.93. The molecule has 0 bridgehead atoms. The molecule has 0 aromatic carbocycles. The number of hydrogen-bond donors (Lipinski definition) is 0. The van der Waals surface area contributed by atoms with Gasteiger partial charge >= 0.3 is 0 Å². The third-order valence-corrected chi connectivity index (χ3v) is 3.69. The standard InChI is InChI=1S/C12H20O3/c1-8-5-3-4-6-10(8)15-11-7-9(13)12(11)14-2/h8,10-12H,3-7H2,1-2H3. The molecule has 0 heterocycles. The van der Waals surface area contributed by atoms with Crippen LogP contribution in [0.5, 0.6) is 0 Å². The lowest BCUT2D eigenvalue weighted by atomic mass is 9.85. The highest BCUT2D eigenvalue weighted by atomic mass is 16.5. The monoisotopic (exact) mass is 212 g/mol. The number of hydrogen-bond acceptors (Lipinski definition) is 3. The van der Waals surface area contributed by atoms with Crippen LogP contribution in [0.25, 0.3) is 0 Å². The van der Waals surface area contributed by atoms with Gasteiger partial charge in [-0.3, -0.25) is 4.79 Å². The third-order valence-electron chi connectivity index (χ3n) is 3.69. The number of rotatable bonds is 3. The molecule has 2 fully saturated rings. The van der Waals surface area contributed by atoms with E-state index in [-0.39, 0.29) is 18.0 Å². The molecule has 0 spiro atoms. The van der Waals surface area contributed by atoms with Crippen LogP contribution < -0.4 is 0 Å². The van der Waals surface area contributed by atoms with Gasteiger partial charge in [-0.2, -0.15) is 0 Å². The van der Waals surface area contributed by atoms with Gasteiger partial charge in [0.05, 0.1) is 12.2 Å². The molecule has 0 amide bonds. The molecule has 0 radical (unpaired) electrons. The van der Waals surface area contributed by atoms with E-state index in [0.29, 0.717) is 18.4 Å². The smallest absolute Gasteiger partial charge is 0.166 e. The van der Waals surface area contributed by atoms with Crippen molar-refractivity contribution >= 4 is 5.78 Å². The number of Topliss-reactive ketones (excluding diaryl/α,β-unsaturated/α-hetero) is 1. The molecule has 4 unspecified atom stereocenters. The summed E-state index contributed by atoms with van der Waals surface area (Å²) in [5.74, 6) is 0.818. The van der Waals surface area contributed by atoms with Crippen molar-refractivity contribution in [2.45, 2.75) is 57.3 Å². The van der Waals surface area contributed by atoms with Crippen molar-refractivity contribution < 1.29 is 14.3 Å². The number of carbonyl (C=O) groups is 1. The molecule has 2 rings (SSSR count). The topological polar surface area (TPSA) is 35.5 Å². The Balaban J connectivity index is 1.83. The van der Waals surface area contributed by atoms with Crippen molar-refractivity contribution in [3.63, 3.8) is 0 Å². The number of methoxy groups -OCH3 is 1.